The highest BCUT2D eigenvalue weighted by atomic mass is 32.2. The molecule has 0 aliphatic carbocycles. The average Bonchev–Trinajstić information content (AvgIpc) is 2.86. The Morgan fingerprint density at radius 2 is 2.37 bits per heavy atom. The summed E-state index contributed by atoms with van der Waals surface area (Å²) < 4.78 is 1.36. The van der Waals surface area contributed by atoms with Crippen molar-refractivity contribution in [3.63, 3.8) is 0 Å². The molecule has 0 aromatic carbocycles. The van der Waals surface area contributed by atoms with Gasteiger partial charge in [-0.1, -0.05) is 6.07 Å². The minimum atomic E-state index is -0.647. The van der Waals surface area contributed by atoms with E-state index >= 15 is 0 Å². The van der Waals surface area contributed by atoms with Gasteiger partial charge in [-0.2, -0.15) is 5.10 Å². The lowest BCUT2D eigenvalue weighted by molar-refractivity contribution is -0.385. The second-order valence-electron chi connectivity index (χ2n) is 3.81. The Labute approximate surface area is 113 Å². The molecular weight excluding hydrogens is 268 g/mol. The maximum atomic E-state index is 10.5. The lowest BCUT2D eigenvalue weighted by Crippen LogP contribution is -2.18. The van der Waals surface area contributed by atoms with Gasteiger partial charge in [0.2, 0.25) is 0 Å². The Morgan fingerprint density at radius 1 is 1.53 bits per heavy atom. The zero-order valence-electron chi connectivity index (χ0n) is 9.92. The van der Waals surface area contributed by atoms with E-state index in [4.69, 9.17) is 0 Å². The summed E-state index contributed by atoms with van der Waals surface area (Å²) >= 11 is 1.42. The summed E-state index contributed by atoms with van der Waals surface area (Å²) in [7, 11) is 0. The quantitative estimate of drug-likeness (QED) is 0.487. The van der Waals surface area contributed by atoms with Crippen LogP contribution in [0.1, 0.15) is 0 Å². The van der Waals surface area contributed by atoms with Crippen LogP contribution in [0.2, 0.25) is 0 Å². The lowest BCUT2D eigenvalue weighted by Gasteiger charge is -2.09. The number of nitrogens with zero attached hydrogens (tertiary/aromatic N) is 4. The second-order valence-corrected chi connectivity index (χ2v) is 4.85. The summed E-state index contributed by atoms with van der Waals surface area (Å²) in [6.45, 7) is 0.216. The molecule has 100 valence electrons. The summed E-state index contributed by atoms with van der Waals surface area (Å²) in [5, 5.41) is 25.0. The average molecular weight is 280 g/mol. The van der Waals surface area contributed by atoms with Crippen molar-refractivity contribution < 1.29 is 10.0 Å². The van der Waals surface area contributed by atoms with Crippen LogP contribution >= 0.6 is 11.8 Å². The van der Waals surface area contributed by atoms with Crippen LogP contribution in [0.4, 0.5) is 5.69 Å². The Hall–Kier alpha value is -1.93. The van der Waals surface area contributed by atoms with Gasteiger partial charge in [-0.25, -0.2) is 4.98 Å². The van der Waals surface area contributed by atoms with E-state index in [-0.39, 0.29) is 12.2 Å². The van der Waals surface area contributed by atoms with Crippen molar-refractivity contribution in [2.24, 2.45) is 0 Å². The molecule has 1 N–H and O–H groups in total. The Bertz CT molecular complexity index is 546. The SMILES string of the molecule is O=[N+]([O-])c1cnn(C[C@H](O)CSc2ccccn2)c1. The fourth-order valence-corrected chi connectivity index (χ4v) is 2.21. The monoisotopic (exact) mass is 280 g/mol. The molecular formula is C11H12N4O3S. The van der Waals surface area contributed by atoms with Gasteiger partial charge in [0.25, 0.3) is 0 Å². The predicted octanol–water partition coefficient (Wildman–Crippen LogP) is 1.34. The van der Waals surface area contributed by atoms with Crippen molar-refractivity contribution in [3.05, 3.63) is 46.9 Å². The van der Waals surface area contributed by atoms with Crippen LogP contribution in [0.25, 0.3) is 0 Å². The summed E-state index contributed by atoms with van der Waals surface area (Å²) in [6.07, 6.45) is 3.50. The van der Waals surface area contributed by atoms with Crippen LogP contribution in [0.3, 0.4) is 0 Å². The number of hydrogen-bond acceptors (Lipinski definition) is 6. The van der Waals surface area contributed by atoms with Crippen LogP contribution in [-0.2, 0) is 6.54 Å². The number of aliphatic hydroxyl groups excluding tert-OH is 1. The minimum Gasteiger partial charge on any atom is -0.390 e. The van der Waals surface area contributed by atoms with Gasteiger partial charge in [-0.3, -0.25) is 14.8 Å². The summed E-state index contributed by atoms with van der Waals surface area (Å²) in [4.78, 5) is 14.1. The van der Waals surface area contributed by atoms with Gasteiger partial charge in [-0.15, -0.1) is 11.8 Å². The molecule has 2 rings (SSSR count). The summed E-state index contributed by atoms with van der Waals surface area (Å²) in [5.74, 6) is 0.449. The molecule has 0 unspecified atom stereocenters. The Balaban J connectivity index is 1.83. The number of aromatic nitrogens is 3. The minimum absolute atomic E-state index is 0.0791. The van der Waals surface area contributed by atoms with E-state index in [2.05, 4.69) is 10.1 Å². The van der Waals surface area contributed by atoms with Gasteiger partial charge in [0.1, 0.15) is 12.4 Å². The van der Waals surface area contributed by atoms with E-state index in [1.165, 1.54) is 28.8 Å². The zero-order valence-corrected chi connectivity index (χ0v) is 10.7. The molecule has 0 spiro atoms. The van der Waals surface area contributed by atoms with Gasteiger partial charge in [0.15, 0.2) is 0 Å². The third kappa shape index (κ3) is 4.04. The number of thioether (sulfide) groups is 1. The van der Waals surface area contributed by atoms with Gasteiger partial charge >= 0.3 is 5.69 Å². The highest BCUT2D eigenvalue weighted by Crippen LogP contribution is 2.16. The van der Waals surface area contributed by atoms with Gasteiger partial charge < -0.3 is 5.11 Å². The Morgan fingerprint density at radius 3 is 3.00 bits per heavy atom. The standard InChI is InChI=1S/C11H12N4O3S/c16-10(8-19-11-3-1-2-4-12-11)7-14-6-9(5-13-14)15(17)18/h1-6,10,16H,7-8H2/t10-/m0/s1. The molecule has 0 aliphatic heterocycles. The topological polar surface area (TPSA) is 94.1 Å². The normalized spacial score (nSPS) is 12.3. The molecule has 0 saturated carbocycles. The molecule has 2 heterocycles. The first-order valence-corrected chi connectivity index (χ1v) is 6.52. The molecule has 8 heteroatoms. The van der Waals surface area contributed by atoms with Crippen molar-refractivity contribution in [3.8, 4) is 0 Å². The van der Waals surface area contributed by atoms with Gasteiger partial charge in [0, 0.05) is 11.9 Å². The smallest absolute Gasteiger partial charge is 0.306 e. The van der Waals surface area contributed by atoms with Crippen molar-refractivity contribution in [2.45, 2.75) is 17.7 Å². The van der Waals surface area contributed by atoms with Crippen molar-refractivity contribution >= 4 is 17.4 Å². The van der Waals surface area contributed by atoms with E-state index < -0.39 is 11.0 Å². The third-order valence-electron chi connectivity index (χ3n) is 2.29. The number of hydrogen-bond donors (Lipinski definition) is 1. The van der Waals surface area contributed by atoms with E-state index in [9.17, 15) is 15.2 Å². The second kappa shape index (κ2) is 6.30. The number of aliphatic hydroxyl groups is 1. The molecule has 2 aromatic heterocycles. The molecule has 0 bridgehead atoms. The van der Waals surface area contributed by atoms with E-state index in [0.717, 1.165) is 5.03 Å². The predicted molar refractivity (Wildman–Crippen MR) is 69.8 cm³/mol. The number of nitro groups is 1. The lowest BCUT2D eigenvalue weighted by atomic mass is 10.4. The molecule has 7 nitrogen and oxygen atoms in total. The Kier molecular flexibility index (Phi) is 4.48. The molecule has 0 saturated heterocycles. The molecule has 0 aliphatic rings. The fourth-order valence-electron chi connectivity index (χ4n) is 1.43. The number of pyridine rings is 1. The van der Waals surface area contributed by atoms with Gasteiger partial charge in [0.05, 0.1) is 22.6 Å². The summed E-state index contributed by atoms with van der Waals surface area (Å²) in [6, 6.07) is 5.55. The fraction of sp³-hybridized carbons (Fsp3) is 0.273. The highest BCUT2D eigenvalue weighted by molar-refractivity contribution is 7.99. The maximum Gasteiger partial charge on any atom is 0.306 e. The molecule has 0 fully saturated rings. The first-order valence-electron chi connectivity index (χ1n) is 5.54. The van der Waals surface area contributed by atoms with Crippen LogP contribution < -0.4 is 0 Å². The third-order valence-corrected chi connectivity index (χ3v) is 3.38. The van der Waals surface area contributed by atoms with E-state index in [1.54, 1.807) is 6.20 Å². The van der Waals surface area contributed by atoms with E-state index in [1.807, 2.05) is 18.2 Å². The van der Waals surface area contributed by atoms with Crippen LogP contribution in [0, 0.1) is 10.1 Å². The summed E-state index contributed by atoms with van der Waals surface area (Å²) in [5.41, 5.74) is -0.0791. The molecule has 0 amide bonds. The van der Waals surface area contributed by atoms with Gasteiger partial charge in [-0.05, 0) is 12.1 Å². The van der Waals surface area contributed by atoms with Crippen molar-refractivity contribution in [1.29, 1.82) is 0 Å². The molecule has 1 atom stereocenters. The van der Waals surface area contributed by atoms with Crippen LogP contribution in [0.5, 0.6) is 0 Å². The molecule has 2 aromatic rings. The number of rotatable bonds is 6. The van der Waals surface area contributed by atoms with E-state index in [0.29, 0.717) is 5.75 Å². The maximum absolute atomic E-state index is 10.5. The first-order chi connectivity index (χ1) is 9.15. The highest BCUT2D eigenvalue weighted by Gasteiger charge is 2.12. The first kappa shape index (κ1) is 13.5. The largest absolute Gasteiger partial charge is 0.390 e. The van der Waals surface area contributed by atoms with Crippen molar-refractivity contribution in [2.75, 3.05) is 5.75 Å². The van der Waals surface area contributed by atoms with Crippen molar-refractivity contribution in [1.82, 2.24) is 14.8 Å². The molecule has 0 radical (unpaired) electrons. The molecule has 19 heavy (non-hydrogen) atoms. The van der Waals surface area contributed by atoms with Crippen LogP contribution in [-0.4, -0.2) is 36.7 Å². The van der Waals surface area contributed by atoms with Crippen LogP contribution in [0.15, 0.2) is 41.8 Å². The zero-order chi connectivity index (χ0) is 13.7.